The van der Waals surface area contributed by atoms with Crippen LogP contribution in [0.1, 0.15) is 18.1 Å². The highest BCUT2D eigenvalue weighted by molar-refractivity contribution is 6.39. The molecule has 240 valence electrons. The Morgan fingerprint density at radius 1 is 0.894 bits per heavy atom. The number of carbonyl (C=O) groups excluding carboxylic acids is 4. The lowest BCUT2D eigenvalue weighted by molar-refractivity contribution is -0.122. The minimum Gasteiger partial charge on any atom is -0.495 e. The highest BCUT2D eigenvalue weighted by Gasteiger charge is 2.37. The van der Waals surface area contributed by atoms with Gasteiger partial charge in [-0.2, -0.15) is 0 Å². The Kier molecular flexibility index (Phi) is 10.4. The number of ether oxygens (including phenoxy) is 4. The first-order chi connectivity index (χ1) is 22.8. The Morgan fingerprint density at radius 2 is 1.62 bits per heavy atom. The maximum Gasteiger partial charge on any atom is 0.335 e. The molecule has 1 heterocycles. The van der Waals surface area contributed by atoms with Crippen LogP contribution in [-0.4, -0.2) is 44.1 Å². The summed E-state index contributed by atoms with van der Waals surface area (Å²) >= 11 is 6.53. The molecular formula is C35H30ClN3O8. The second-order valence-electron chi connectivity index (χ2n) is 10.0. The number of halogens is 1. The summed E-state index contributed by atoms with van der Waals surface area (Å²) in [5.41, 5.74) is 1.70. The van der Waals surface area contributed by atoms with Gasteiger partial charge in [0.15, 0.2) is 18.1 Å². The number of rotatable bonds is 12. The number of urea groups is 1. The number of nitrogens with zero attached hydrogens (tertiary/aromatic N) is 1. The lowest BCUT2D eigenvalue weighted by Gasteiger charge is -2.26. The van der Waals surface area contributed by atoms with Crippen molar-refractivity contribution >= 4 is 52.8 Å². The van der Waals surface area contributed by atoms with Gasteiger partial charge in [0.05, 0.1) is 30.1 Å². The van der Waals surface area contributed by atoms with Gasteiger partial charge in [0.25, 0.3) is 17.7 Å². The summed E-state index contributed by atoms with van der Waals surface area (Å²) in [4.78, 5) is 52.5. The molecule has 0 aromatic heterocycles. The molecule has 4 aromatic rings. The molecule has 12 heteroatoms. The van der Waals surface area contributed by atoms with Crippen LogP contribution in [0.25, 0.3) is 6.08 Å². The smallest absolute Gasteiger partial charge is 0.335 e. The van der Waals surface area contributed by atoms with E-state index < -0.39 is 30.4 Å². The summed E-state index contributed by atoms with van der Waals surface area (Å²) in [6, 6.07) is 24.9. The molecule has 1 fully saturated rings. The van der Waals surface area contributed by atoms with Crippen LogP contribution < -0.4 is 34.5 Å². The van der Waals surface area contributed by atoms with Crippen molar-refractivity contribution in [1.82, 2.24) is 5.32 Å². The molecule has 0 spiro atoms. The maximum atomic E-state index is 13.5. The van der Waals surface area contributed by atoms with Crippen LogP contribution in [0.3, 0.4) is 0 Å². The molecule has 47 heavy (non-hydrogen) atoms. The van der Waals surface area contributed by atoms with Crippen molar-refractivity contribution in [2.45, 2.75) is 13.5 Å². The van der Waals surface area contributed by atoms with Crippen molar-refractivity contribution in [2.75, 3.05) is 30.5 Å². The average molecular weight is 656 g/mol. The van der Waals surface area contributed by atoms with Crippen molar-refractivity contribution in [3.05, 3.63) is 113 Å². The molecule has 0 bridgehead atoms. The zero-order valence-corrected chi connectivity index (χ0v) is 26.2. The summed E-state index contributed by atoms with van der Waals surface area (Å²) in [7, 11) is 1.49. The second kappa shape index (κ2) is 15.0. The molecule has 4 aromatic carbocycles. The van der Waals surface area contributed by atoms with Crippen LogP contribution in [0.15, 0.2) is 96.6 Å². The Morgan fingerprint density at radius 3 is 2.34 bits per heavy atom. The largest absolute Gasteiger partial charge is 0.495 e. The fourth-order valence-electron chi connectivity index (χ4n) is 4.64. The quantitative estimate of drug-likeness (QED) is 0.140. The van der Waals surface area contributed by atoms with Gasteiger partial charge in [-0.15, -0.1) is 0 Å². The van der Waals surface area contributed by atoms with E-state index >= 15 is 0 Å². The minimum absolute atomic E-state index is 0.0654. The lowest BCUT2D eigenvalue weighted by Crippen LogP contribution is -2.54. The van der Waals surface area contributed by atoms with Crippen LogP contribution in [-0.2, 0) is 21.0 Å². The van der Waals surface area contributed by atoms with Gasteiger partial charge in [0, 0.05) is 0 Å². The van der Waals surface area contributed by atoms with Crippen LogP contribution in [0.5, 0.6) is 23.0 Å². The Bertz CT molecular complexity index is 1830. The van der Waals surface area contributed by atoms with Gasteiger partial charge in [-0.25, -0.2) is 9.69 Å². The highest BCUT2D eigenvalue weighted by Crippen LogP contribution is 2.38. The normalized spacial score (nSPS) is 13.6. The van der Waals surface area contributed by atoms with Gasteiger partial charge in [-0.05, 0) is 72.7 Å². The van der Waals surface area contributed by atoms with Crippen molar-refractivity contribution in [1.29, 1.82) is 0 Å². The minimum atomic E-state index is -0.890. The van der Waals surface area contributed by atoms with Gasteiger partial charge in [0.1, 0.15) is 23.7 Å². The number of barbiturate groups is 1. The Balaban J connectivity index is 1.32. The predicted octanol–water partition coefficient (Wildman–Crippen LogP) is 6.01. The summed E-state index contributed by atoms with van der Waals surface area (Å²) in [6.45, 7) is 1.92. The molecule has 5 rings (SSSR count). The summed E-state index contributed by atoms with van der Waals surface area (Å²) in [6.07, 6.45) is 1.29. The topological polar surface area (TPSA) is 132 Å². The summed E-state index contributed by atoms with van der Waals surface area (Å²) in [5.74, 6) is -0.884. The molecular weight excluding hydrogens is 626 g/mol. The van der Waals surface area contributed by atoms with Gasteiger partial charge in [-0.3, -0.25) is 19.7 Å². The van der Waals surface area contributed by atoms with E-state index in [2.05, 4.69) is 10.6 Å². The highest BCUT2D eigenvalue weighted by atomic mass is 35.5. The van der Waals surface area contributed by atoms with E-state index in [1.54, 1.807) is 55.5 Å². The number of carbonyl (C=O) groups is 4. The number of imide groups is 2. The molecule has 1 aliphatic heterocycles. The number of benzene rings is 4. The van der Waals surface area contributed by atoms with Gasteiger partial charge < -0.3 is 24.3 Å². The molecule has 11 nitrogen and oxygen atoms in total. The van der Waals surface area contributed by atoms with E-state index in [9.17, 15) is 19.2 Å². The van der Waals surface area contributed by atoms with Gasteiger partial charge >= 0.3 is 6.03 Å². The van der Waals surface area contributed by atoms with E-state index in [1.165, 1.54) is 25.3 Å². The number of nitrogens with one attached hydrogen (secondary N) is 2. The number of anilines is 2. The molecule has 0 aliphatic carbocycles. The zero-order chi connectivity index (χ0) is 33.3. The first-order valence-corrected chi connectivity index (χ1v) is 14.9. The molecule has 0 atom stereocenters. The second-order valence-corrected chi connectivity index (χ2v) is 10.4. The van der Waals surface area contributed by atoms with E-state index in [1.807, 2.05) is 30.3 Å². The average Bonchev–Trinajstić information content (AvgIpc) is 3.06. The van der Waals surface area contributed by atoms with Crippen molar-refractivity contribution in [2.24, 2.45) is 0 Å². The SMILES string of the molecule is CCOc1cc(/C=C2/C(=O)NC(=O)N(c3ccc(OCc4ccccc4)cc3)C2=O)cc(Cl)c1OCC(=O)Nc1ccccc1OC. The Hall–Kier alpha value is -5.81. The number of hydrogen-bond donors (Lipinski definition) is 2. The number of para-hydroxylation sites is 2. The van der Waals surface area contributed by atoms with Crippen LogP contribution >= 0.6 is 11.6 Å². The molecule has 1 saturated heterocycles. The fraction of sp³-hybridized carbons (Fsp3) is 0.143. The van der Waals surface area contributed by atoms with E-state index in [0.717, 1.165) is 10.5 Å². The molecule has 0 radical (unpaired) electrons. The number of methoxy groups -OCH3 is 1. The lowest BCUT2D eigenvalue weighted by atomic mass is 10.1. The van der Waals surface area contributed by atoms with Crippen molar-refractivity contribution in [3.8, 4) is 23.0 Å². The maximum absolute atomic E-state index is 13.5. The van der Waals surface area contributed by atoms with Crippen LogP contribution in [0.4, 0.5) is 16.2 Å². The van der Waals surface area contributed by atoms with E-state index in [4.69, 9.17) is 30.5 Å². The zero-order valence-electron chi connectivity index (χ0n) is 25.5. The van der Waals surface area contributed by atoms with Crippen molar-refractivity contribution in [3.63, 3.8) is 0 Å². The van der Waals surface area contributed by atoms with E-state index in [-0.39, 0.29) is 34.4 Å². The molecule has 0 unspecified atom stereocenters. The monoisotopic (exact) mass is 655 g/mol. The van der Waals surface area contributed by atoms with Crippen LogP contribution in [0.2, 0.25) is 5.02 Å². The third-order valence-electron chi connectivity index (χ3n) is 6.82. The van der Waals surface area contributed by atoms with Crippen molar-refractivity contribution < 1.29 is 38.1 Å². The molecule has 5 amide bonds. The molecule has 0 saturated carbocycles. The number of amides is 5. The Labute approximate surface area is 275 Å². The first-order valence-electron chi connectivity index (χ1n) is 14.5. The summed E-state index contributed by atoms with van der Waals surface area (Å²) in [5, 5.41) is 4.98. The molecule has 2 N–H and O–H groups in total. The third-order valence-corrected chi connectivity index (χ3v) is 7.10. The van der Waals surface area contributed by atoms with Crippen LogP contribution in [0, 0.1) is 0 Å². The standard InChI is InChI=1S/C35H30ClN3O8/c1-3-45-30-19-23(18-27(36)32(30)47-21-31(40)37-28-11-7-8-12-29(28)44-2)17-26-33(41)38-35(43)39(34(26)42)24-13-15-25(16-14-24)46-20-22-9-5-4-6-10-22/h4-19H,3,20-21H2,1-2H3,(H,37,40)(H,38,41,43)/b26-17-. The number of hydrogen-bond acceptors (Lipinski definition) is 8. The van der Waals surface area contributed by atoms with Gasteiger partial charge in [-0.1, -0.05) is 54.1 Å². The molecule has 1 aliphatic rings. The first kappa shape index (κ1) is 32.6. The third kappa shape index (κ3) is 7.89. The predicted molar refractivity (Wildman–Crippen MR) is 176 cm³/mol. The fourth-order valence-corrected chi connectivity index (χ4v) is 4.91. The summed E-state index contributed by atoms with van der Waals surface area (Å²) < 4.78 is 22.5. The van der Waals surface area contributed by atoms with E-state index in [0.29, 0.717) is 29.4 Å². The van der Waals surface area contributed by atoms with Gasteiger partial charge in [0.2, 0.25) is 0 Å².